The van der Waals surface area contributed by atoms with Gasteiger partial charge in [-0.3, -0.25) is 9.35 Å². The zero-order chi connectivity index (χ0) is 48.5. The zero-order valence-corrected chi connectivity index (χ0v) is 41.7. The van der Waals surface area contributed by atoms with Gasteiger partial charge in [-0.1, -0.05) is 190 Å². The maximum atomic E-state index is 13.1. The van der Waals surface area contributed by atoms with Crippen LogP contribution >= 0.6 is 0 Å². The highest BCUT2D eigenvalue weighted by atomic mass is 32.3. The fourth-order valence-corrected chi connectivity index (χ4v) is 8.39. The van der Waals surface area contributed by atoms with E-state index in [9.17, 15) is 43.3 Å². The lowest BCUT2D eigenvalue weighted by Gasteiger charge is -2.41. The zero-order valence-electron chi connectivity index (χ0n) is 40.9. The van der Waals surface area contributed by atoms with Crippen LogP contribution in [0.2, 0.25) is 0 Å². The van der Waals surface area contributed by atoms with Crippen molar-refractivity contribution in [3.05, 3.63) is 60.8 Å². The fourth-order valence-electron chi connectivity index (χ4n) is 7.88. The molecule has 1 aliphatic heterocycles. The minimum atomic E-state index is -5.12. The lowest BCUT2D eigenvalue weighted by Crippen LogP contribution is -2.61. The van der Waals surface area contributed by atoms with Crippen molar-refractivity contribution in [2.75, 3.05) is 13.2 Å². The minimum Gasteiger partial charge on any atom is -0.394 e. The summed E-state index contributed by atoms with van der Waals surface area (Å²) in [6.07, 6.45) is 42.2. The minimum absolute atomic E-state index is 0.229. The molecule has 0 aromatic rings. The predicted octanol–water partition coefficient (Wildman–Crippen LogP) is 9.97. The second-order valence-corrected chi connectivity index (χ2v) is 18.9. The topological polar surface area (TPSA) is 212 Å². The van der Waals surface area contributed by atoms with Crippen molar-refractivity contribution < 1.29 is 57.0 Å². The first-order chi connectivity index (χ1) is 31.9. The van der Waals surface area contributed by atoms with Gasteiger partial charge >= 0.3 is 10.4 Å². The van der Waals surface area contributed by atoms with E-state index in [2.05, 4.69) is 52.9 Å². The Morgan fingerprint density at radius 1 is 0.652 bits per heavy atom. The quantitative estimate of drug-likeness (QED) is 0.0173. The van der Waals surface area contributed by atoms with Gasteiger partial charge < -0.3 is 40.3 Å². The van der Waals surface area contributed by atoms with Crippen LogP contribution in [0.1, 0.15) is 200 Å². The molecule has 0 aliphatic carbocycles. The van der Waals surface area contributed by atoms with E-state index < -0.39 is 78.5 Å². The molecule has 8 atom stereocenters. The Labute approximate surface area is 400 Å². The average Bonchev–Trinajstić information content (AvgIpc) is 3.29. The third kappa shape index (κ3) is 33.3. The molecule has 66 heavy (non-hydrogen) atoms. The maximum absolute atomic E-state index is 13.1. The van der Waals surface area contributed by atoms with Crippen LogP contribution in [0.25, 0.3) is 0 Å². The predicted molar refractivity (Wildman–Crippen MR) is 265 cm³/mol. The molecular formula is C52H93NO12S. The molecule has 0 bridgehead atoms. The molecule has 1 fully saturated rings. The molecule has 1 rings (SSSR count). The van der Waals surface area contributed by atoms with E-state index in [0.717, 1.165) is 44.9 Å². The number of unbranched alkanes of at least 4 members (excludes halogenated alkanes) is 23. The van der Waals surface area contributed by atoms with Gasteiger partial charge in [0.25, 0.3) is 0 Å². The SMILES string of the molecule is C/C=C/CC/C=C/CC/C=C/C(O)C(COC1OC(CO)C(O)C(OS(=O)(=O)O)C1O)NC(=O)C(O)CCCCCCCCCCCCCC/C=C\C/C=C\CCCCCCCCCCC. The van der Waals surface area contributed by atoms with Crippen molar-refractivity contribution in [1.29, 1.82) is 0 Å². The molecule has 7 N–H and O–H groups in total. The van der Waals surface area contributed by atoms with E-state index in [4.69, 9.17) is 9.47 Å². The van der Waals surface area contributed by atoms with Gasteiger partial charge in [0.1, 0.15) is 30.5 Å². The van der Waals surface area contributed by atoms with Gasteiger partial charge in [-0.2, -0.15) is 8.42 Å². The molecule has 14 heteroatoms. The smallest absolute Gasteiger partial charge is 0.394 e. The monoisotopic (exact) mass is 956 g/mol. The Kier molecular flexibility index (Phi) is 39.0. The number of carbonyl (C=O) groups excluding carboxylic acids is 1. The van der Waals surface area contributed by atoms with Gasteiger partial charge in [0.05, 0.1) is 25.4 Å². The molecular weight excluding hydrogens is 863 g/mol. The third-order valence-corrected chi connectivity index (χ3v) is 12.4. The Bertz CT molecular complexity index is 1420. The molecule has 0 spiro atoms. The molecule has 0 aromatic carbocycles. The second-order valence-electron chi connectivity index (χ2n) is 17.9. The van der Waals surface area contributed by atoms with Crippen molar-refractivity contribution in [2.45, 2.75) is 249 Å². The lowest BCUT2D eigenvalue weighted by atomic mass is 9.99. The average molecular weight is 956 g/mol. The second kappa shape index (κ2) is 41.7. The Morgan fingerprint density at radius 3 is 1.62 bits per heavy atom. The lowest BCUT2D eigenvalue weighted by molar-refractivity contribution is -0.298. The molecule has 1 amide bonds. The number of carbonyl (C=O) groups is 1. The Morgan fingerprint density at radius 2 is 1.12 bits per heavy atom. The first-order valence-corrected chi connectivity index (χ1v) is 27.1. The molecule has 0 aromatic heterocycles. The number of rotatable bonds is 43. The number of aliphatic hydroxyl groups is 5. The van der Waals surface area contributed by atoms with Gasteiger partial charge in [-0.25, -0.2) is 4.18 Å². The van der Waals surface area contributed by atoms with Crippen molar-refractivity contribution in [1.82, 2.24) is 5.32 Å². The summed E-state index contributed by atoms with van der Waals surface area (Å²) in [4.78, 5) is 13.1. The van der Waals surface area contributed by atoms with Crippen LogP contribution in [-0.2, 0) is 28.9 Å². The highest BCUT2D eigenvalue weighted by molar-refractivity contribution is 7.80. The van der Waals surface area contributed by atoms with Gasteiger partial charge in [-0.05, 0) is 71.1 Å². The first kappa shape index (κ1) is 61.8. The summed E-state index contributed by atoms with van der Waals surface area (Å²) >= 11 is 0. The van der Waals surface area contributed by atoms with Crippen molar-refractivity contribution >= 4 is 16.3 Å². The van der Waals surface area contributed by atoms with Crippen LogP contribution in [0.15, 0.2) is 60.8 Å². The van der Waals surface area contributed by atoms with Crippen molar-refractivity contribution in [3.63, 3.8) is 0 Å². The molecule has 8 unspecified atom stereocenters. The van der Waals surface area contributed by atoms with E-state index in [-0.39, 0.29) is 6.42 Å². The van der Waals surface area contributed by atoms with Gasteiger partial charge in [0, 0.05) is 0 Å². The van der Waals surface area contributed by atoms with Crippen LogP contribution < -0.4 is 5.32 Å². The fraction of sp³-hybridized carbons (Fsp3) is 0.788. The molecule has 1 heterocycles. The van der Waals surface area contributed by atoms with Crippen molar-refractivity contribution in [2.24, 2.45) is 0 Å². The van der Waals surface area contributed by atoms with Crippen LogP contribution in [0.3, 0.4) is 0 Å². The van der Waals surface area contributed by atoms with E-state index in [1.807, 2.05) is 19.1 Å². The highest BCUT2D eigenvalue weighted by Gasteiger charge is 2.48. The standard InChI is InChI=1S/C52H93NO12S/c1-3-5-7-9-11-13-14-15-16-17-18-19-20-21-22-23-24-25-26-27-28-29-30-31-33-35-37-39-41-46(56)51(59)53-44(45(55)40-38-36-34-32-12-10-8-6-4-2)43-63-52-49(58)50(65-66(60,61)62)48(57)47(42-54)64-52/h4,6,12,18-19,21-22,32,38,40,44-50,52,54-58H,3,5,7-11,13-17,20,23-31,33-37,39,41-43H2,1-2H3,(H,53,59)(H,60,61,62)/b6-4+,19-18-,22-21-,32-12+,40-38+. The Hall–Kier alpha value is -2.24. The maximum Gasteiger partial charge on any atom is 0.397 e. The van der Waals surface area contributed by atoms with E-state index in [1.165, 1.54) is 128 Å². The molecule has 13 nitrogen and oxygen atoms in total. The summed E-state index contributed by atoms with van der Waals surface area (Å²) in [6.45, 7) is 2.95. The van der Waals surface area contributed by atoms with Crippen LogP contribution in [0.4, 0.5) is 0 Å². The largest absolute Gasteiger partial charge is 0.397 e. The summed E-state index contributed by atoms with van der Waals surface area (Å²) in [5.41, 5.74) is 0. The summed E-state index contributed by atoms with van der Waals surface area (Å²) in [5, 5.41) is 55.1. The van der Waals surface area contributed by atoms with Crippen LogP contribution in [-0.4, -0.2) is 107 Å². The summed E-state index contributed by atoms with van der Waals surface area (Å²) in [7, 11) is -5.12. The van der Waals surface area contributed by atoms with E-state index >= 15 is 0 Å². The first-order valence-electron chi connectivity index (χ1n) is 25.7. The number of hydrogen-bond donors (Lipinski definition) is 7. The molecule has 384 valence electrons. The summed E-state index contributed by atoms with van der Waals surface area (Å²) in [6, 6.07) is -1.14. The highest BCUT2D eigenvalue weighted by Crippen LogP contribution is 2.26. The Balaban J connectivity index is 2.33. The van der Waals surface area contributed by atoms with Crippen molar-refractivity contribution in [3.8, 4) is 0 Å². The van der Waals surface area contributed by atoms with Gasteiger partial charge in [0.15, 0.2) is 6.29 Å². The molecule has 1 aliphatic rings. The molecule has 1 saturated heterocycles. The van der Waals surface area contributed by atoms with Gasteiger partial charge in [-0.15, -0.1) is 0 Å². The number of amides is 1. The summed E-state index contributed by atoms with van der Waals surface area (Å²) < 4.78 is 47.4. The molecule has 0 saturated carbocycles. The van der Waals surface area contributed by atoms with E-state index in [0.29, 0.717) is 12.8 Å². The number of allylic oxidation sites excluding steroid dienone is 9. The number of aliphatic hydroxyl groups excluding tert-OH is 5. The number of hydrogen-bond acceptors (Lipinski definition) is 11. The van der Waals surface area contributed by atoms with Crippen LogP contribution in [0, 0.1) is 0 Å². The number of nitrogens with one attached hydrogen (secondary N) is 1. The normalized spacial score (nSPS) is 21.0. The van der Waals surface area contributed by atoms with Gasteiger partial charge in [0.2, 0.25) is 5.91 Å². The van der Waals surface area contributed by atoms with Crippen LogP contribution in [0.5, 0.6) is 0 Å². The summed E-state index contributed by atoms with van der Waals surface area (Å²) in [5.74, 6) is -0.722. The third-order valence-electron chi connectivity index (χ3n) is 12.0. The van der Waals surface area contributed by atoms with E-state index in [1.54, 1.807) is 6.08 Å². The molecule has 0 radical (unpaired) electrons. The number of ether oxygens (including phenoxy) is 2.